The van der Waals surface area contributed by atoms with Gasteiger partial charge >= 0.3 is 0 Å². The molecule has 180 valence electrons. The quantitative estimate of drug-likeness (QED) is 0.441. The summed E-state index contributed by atoms with van der Waals surface area (Å²) in [4.78, 5) is 35.9. The maximum absolute atomic E-state index is 12.9. The summed E-state index contributed by atoms with van der Waals surface area (Å²) in [6.07, 6.45) is 5.32. The normalized spacial score (nSPS) is 14.6. The Morgan fingerprint density at radius 3 is 2.83 bits per heavy atom. The molecule has 1 amide bonds. The van der Waals surface area contributed by atoms with Crippen LogP contribution in [0.1, 0.15) is 27.3 Å². The molecule has 0 spiro atoms. The highest BCUT2D eigenvalue weighted by atomic mass is 16.3. The summed E-state index contributed by atoms with van der Waals surface area (Å²) in [6, 6.07) is 11.7. The largest absolute Gasteiger partial charge is 0.390 e. The van der Waals surface area contributed by atoms with Crippen LogP contribution in [-0.4, -0.2) is 60.6 Å². The first kappa shape index (κ1) is 22.9. The molecule has 4 heterocycles. The fourth-order valence-electron chi connectivity index (χ4n) is 4.51. The highest BCUT2D eigenvalue weighted by Gasteiger charge is 2.21. The van der Waals surface area contributed by atoms with E-state index in [2.05, 4.69) is 38.4 Å². The molecular weight excluding hydrogens is 444 g/mol. The number of nitrogens with one attached hydrogen (secondary N) is 1. The van der Waals surface area contributed by atoms with Crippen molar-refractivity contribution >= 4 is 11.6 Å². The molecule has 2 N–H and O–H groups in total. The van der Waals surface area contributed by atoms with Crippen LogP contribution in [0, 0.1) is 6.92 Å². The highest BCUT2D eigenvalue weighted by Crippen LogP contribution is 2.19. The Morgan fingerprint density at radius 2 is 2.03 bits per heavy atom. The molecule has 5 rings (SSSR count). The van der Waals surface area contributed by atoms with E-state index in [0.29, 0.717) is 29.1 Å². The number of hydrogen-bond donors (Lipinski definition) is 2. The van der Waals surface area contributed by atoms with Gasteiger partial charge in [0.05, 0.1) is 23.7 Å². The zero-order valence-corrected chi connectivity index (χ0v) is 19.8. The molecule has 1 aliphatic heterocycles. The number of hydrogen-bond acceptors (Lipinski definition) is 6. The van der Waals surface area contributed by atoms with Crippen LogP contribution in [0.25, 0.3) is 16.9 Å². The van der Waals surface area contributed by atoms with Crippen LogP contribution in [0.15, 0.2) is 59.8 Å². The van der Waals surface area contributed by atoms with E-state index in [-0.39, 0.29) is 23.7 Å². The second kappa shape index (κ2) is 9.44. The van der Waals surface area contributed by atoms with Gasteiger partial charge in [0, 0.05) is 57.3 Å². The van der Waals surface area contributed by atoms with Crippen molar-refractivity contribution in [2.45, 2.75) is 26.0 Å². The number of nitrogens with zero attached hydrogens (tertiary/aromatic N) is 5. The molecule has 1 aliphatic rings. The topological polar surface area (TPSA) is 105 Å². The second-order valence-electron chi connectivity index (χ2n) is 9.03. The predicted octanol–water partition coefficient (Wildman–Crippen LogP) is 1.55. The van der Waals surface area contributed by atoms with Gasteiger partial charge in [-0.1, -0.05) is 24.3 Å². The molecule has 35 heavy (non-hydrogen) atoms. The van der Waals surface area contributed by atoms with Crippen LogP contribution in [0.3, 0.4) is 0 Å². The Morgan fingerprint density at radius 1 is 1.23 bits per heavy atom. The summed E-state index contributed by atoms with van der Waals surface area (Å²) in [7, 11) is 1.69. The lowest BCUT2D eigenvalue weighted by Gasteiger charge is -2.30. The van der Waals surface area contributed by atoms with Crippen LogP contribution >= 0.6 is 0 Å². The number of aryl methyl sites for hydroxylation is 2. The van der Waals surface area contributed by atoms with Crippen molar-refractivity contribution in [3.63, 3.8) is 0 Å². The van der Waals surface area contributed by atoms with Crippen LogP contribution < -0.4 is 10.9 Å². The minimum atomic E-state index is -0.685. The summed E-state index contributed by atoms with van der Waals surface area (Å²) in [5, 5.41) is 13.4. The number of imidazole rings is 1. The molecule has 9 heteroatoms. The van der Waals surface area contributed by atoms with Crippen molar-refractivity contribution in [1.82, 2.24) is 29.2 Å². The zero-order chi connectivity index (χ0) is 24.5. The lowest BCUT2D eigenvalue weighted by atomic mass is 10.00. The molecule has 0 saturated heterocycles. The summed E-state index contributed by atoms with van der Waals surface area (Å²) >= 11 is 0. The van der Waals surface area contributed by atoms with E-state index in [1.54, 1.807) is 30.0 Å². The summed E-state index contributed by atoms with van der Waals surface area (Å²) < 4.78 is 3.28. The standard InChI is InChI=1S/C26H28N6O3/c1-17-25(29-23-13-27-22(16-32(17)23)19-7-9-30(2)24(34)11-19)26(35)28-12-21(33)15-31-10-8-18-5-3-4-6-20(18)14-31/h3-7,9,11,13,16,21,33H,8,10,12,14-15H2,1-2H3,(H,28,35)/t21-/m0/s1. The van der Waals surface area contributed by atoms with Gasteiger partial charge < -0.3 is 19.4 Å². The van der Waals surface area contributed by atoms with Gasteiger partial charge in [0.1, 0.15) is 5.69 Å². The monoisotopic (exact) mass is 472 g/mol. The number of aromatic nitrogens is 4. The molecule has 0 aliphatic carbocycles. The number of pyridine rings is 1. The first-order valence-corrected chi connectivity index (χ1v) is 11.7. The number of aliphatic hydroxyl groups is 1. The van der Waals surface area contributed by atoms with Gasteiger partial charge in [0.15, 0.2) is 5.65 Å². The van der Waals surface area contributed by atoms with Crippen molar-refractivity contribution in [3.05, 3.63) is 87.9 Å². The molecule has 1 atom stereocenters. The van der Waals surface area contributed by atoms with Gasteiger partial charge in [0.25, 0.3) is 11.5 Å². The number of β-amino-alcohol motifs (C(OH)–C–C–N with tert-alkyl or cyclic N) is 1. The van der Waals surface area contributed by atoms with Crippen LogP contribution in [-0.2, 0) is 20.0 Å². The van der Waals surface area contributed by atoms with Gasteiger partial charge in [-0.3, -0.25) is 19.5 Å². The maximum atomic E-state index is 12.9. The van der Waals surface area contributed by atoms with Crippen molar-refractivity contribution in [3.8, 4) is 11.3 Å². The van der Waals surface area contributed by atoms with Crippen LogP contribution in [0.5, 0.6) is 0 Å². The molecular formula is C26H28N6O3. The molecule has 0 fully saturated rings. The van der Waals surface area contributed by atoms with Crippen LogP contribution in [0.2, 0.25) is 0 Å². The van der Waals surface area contributed by atoms with Crippen molar-refractivity contribution in [2.24, 2.45) is 7.05 Å². The van der Waals surface area contributed by atoms with E-state index < -0.39 is 6.10 Å². The number of aliphatic hydroxyl groups excluding tert-OH is 1. The summed E-state index contributed by atoms with van der Waals surface area (Å²) in [5.41, 5.74) is 5.31. The van der Waals surface area contributed by atoms with Gasteiger partial charge in [-0.25, -0.2) is 4.98 Å². The third-order valence-electron chi connectivity index (χ3n) is 6.54. The first-order valence-electron chi connectivity index (χ1n) is 11.7. The lowest BCUT2D eigenvalue weighted by molar-refractivity contribution is 0.0838. The van der Waals surface area contributed by atoms with E-state index in [1.807, 2.05) is 19.1 Å². The van der Waals surface area contributed by atoms with E-state index in [1.165, 1.54) is 21.8 Å². The van der Waals surface area contributed by atoms with Gasteiger partial charge in [-0.2, -0.15) is 0 Å². The van der Waals surface area contributed by atoms with Gasteiger partial charge in [0.2, 0.25) is 0 Å². The molecule has 0 radical (unpaired) electrons. The minimum absolute atomic E-state index is 0.126. The predicted molar refractivity (Wildman–Crippen MR) is 132 cm³/mol. The van der Waals surface area contributed by atoms with Gasteiger partial charge in [-0.15, -0.1) is 0 Å². The highest BCUT2D eigenvalue weighted by molar-refractivity contribution is 5.94. The molecule has 0 unspecified atom stereocenters. The SMILES string of the molecule is Cc1c(C(=O)NC[C@H](O)CN2CCc3ccccc3C2)nc2cnc(-c3ccn(C)c(=O)c3)cn12. The maximum Gasteiger partial charge on any atom is 0.271 e. The Kier molecular flexibility index (Phi) is 6.19. The first-order chi connectivity index (χ1) is 16.9. The number of carbonyl (C=O) groups excluding carboxylic acids is 1. The van der Waals surface area contributed by atoms with Crippen molar-refractivity contribution in [1.29, 1.82) is 0 Å². The van der Waals surface area contributed by atoms with Crippen molar-refractivity contribution < 1.29 is 9.90 Å². The average molecular weight is 473 g/mol. The van der Waals surface area contributed by atoms with Crippen LogP contribution in [0.4, 0.5) is 0 Å². The number of carbonyl (C=O) groups is 1. The number of fused-ring (bicyclic) bond motifs is 2. The molecule has 3 aromatic heterocycles. The van der Waals surface area contributed by atoms with E-state index >= 15 is 0 Å². The molecule has 9 nitrogen and oxygen atoms in total. The second-order valence-corrected chi connectivity index (χ2v) is 9.03. The molecule has 4 aromatic rings. The van der Waals surface area contributed by atoms with E-state index in [0.717, 1.165) is 19.5 Å². The van der Waals surface area contributed by atoms with Crippen molar-refractivity contribution in [2.75, 3.05) is 19.6 Å². The fourth-order valence-corrected chi connectivity index (χ4v) is 4.51. The van der Waals surface area contributed by atoms with Gasteiger partial charge in [-0.05, 0) is 30.5 Å². The average Bonchev–Trinajstić information content (AvgIpc) is 3.20. The minimum Gasteiger partial charge on any atom is -0.390 e. The third kappa shape index (κ3) is 4.73. The summed E-state index contributed by atoms with van der Waals surface area (Å²) in [6.45, 7) is 4.12. The molecule has 0 bridgehead atoms. The Balaban J connectivity index is 1.24. The zero-order valence-electron chi connectivity index (χ0n) is 19.8. The van der Waals surface area contributed by atoms with E-state index in [4.69, 9.17) is 0 Å². The fraction of sp³-hybridized carbons (Fsp3) is 0.308. The molecule has 0 saturated carbocycles. The smallest absolute Gasteiger partial charge is 0.271 e. The Bertz CT molecular complexity index is 1460. The lowest BCUT2D eigenvalue weighted by Crippen LogP contribution is -2.42. The van der Waals surface area contributed by atoms with E-state index in [9.17, 15) is 14.7 Å². The Hall–Kier alpha value is -3.82. The number of benzene rings is 1. The molecule has 1 aromatic carbocycles. The number of amides is 1. The Labute approximate surface area is 202 Å². The number of rotatable bonds is 6. The summed E-state index contributed by atoms with van der Waals surface area (Å²) in [5.74, 6) is -0.343. The third-order valence-corrected chi connectivity index (χ3v) is 6.54.